The van der Waals surface area contributed by atoms with E-state index >= 15 is 0 Å². The van der Waals surface area contributed by atoms with Gasteiger partial charge in [0.15, 0.2) is 0 Å². The molecule has 2 heterocycles. The topological polar surface area (TPSA) is 86.8 Å². The van der Waals surface area contributed by atoms with Crippen LogP contribution in [0.25, 0.3) is 21.5 Å². The van der Waals surface area contributed by atoms with Crippen molar-refractivity contribution >= 4 is 50.9 Å². The van der Waals surface area contributed by atoms with Gasteiger partial charge in [0.1, 0.15) is 0 Å². The molecule has 0 aliphatic carbocycles. The van der Waals surface area contributed by atoms with Crippen LogP contribution in [0.3, 0.4) is 0 Å². The molecule has 1 N–H and O–H groups in total. The molecule has 0 saturated carbocycles. The zero-order valence-corrected chi connectivity index (χ0v) is 21.8. The highest BCUT2D eigenvalue weighted by Crippen LogP contribution is 2.37. The Morgan fingerprint density at radius 2 is 1.08 bits per heavy atom. The molecule has 0 spiro atoms. The molecule has 4 amide bonds. The Labute approximate surface area is 226 Å². The molecule has 0 unspecified atom stereocenters. The standard InChI is InChI=1S/C32H29N3O4/c1-2-3-4-5-6-7-19-33-26-18-17-25-28-21(26)13-10-16-24(28)31(38)35(32(25)39)34-29(36)22-14-8-11-20-12-9-15-23(27(20)22)30(34)37/h8-18,33H,2-7,19H2,1H3. The van der Waals surface area contributed by atoms with Gasteiger partial charge >= 0.3 is 0 Å². The van der Waals surface area contributed by atoms with Crippen molar-refractivity contribution in [3.63, 3.8) is 0 Å². The van der Waals surface area contributed by atoms with Crippen LogP contribution in [-0.4, -0.2) is 40.2 Å². The van der Waals surface area contributed by atoms with Crippen LogP contribution in [0.15, 0.2) is 66.7 Å². The van der Waals surface area contributed by atoms with Crippen LogP contribution < -0.4 is 5.32 Å². The van der Waals surface area contributed by atoms with Gasteiger partial charge in [-0.15, -0.1) is 0 Å². The predicted octanol–water partition coefficient (Wildman–Crippen LogP) is 6.57. The average molecular weight is 520 g/mol. The Balaban J connectivity index is 1.33. The molecule has 0 atom stereocenters. The molecule has 2 aliphatic heterocycles. The fourth-order valence-corrected chi connectivity index (χ4v) is 5.75. The molecule has 0 saturated heterocycles. The molecule has 0 fully saturated rings. The van der Waals surface area contributed by atoms with Crippen LogP contribution in [0.5, 0.6) is 0 Å². The van der Waals surface area contributed by atoms with Crippen molar-refractivity contribution in [3.05, 3.63) is 89.0 Å². The summed E-state index contributed by atoms with van der Waals surface area (Å²) in [4.78, 5) is 54.8. The van der Waals surface area contributed by atoms with Crippen LogP contribution >= 0.6 is 0 Å². The average Bonchev–Trinajstić information content (AvgIpc) is 2.96. The van der Waals surface area contributed by atoms with Gasteiger partial charge in [0.2, 0.25) is 0 Å². The molecule has 4 aromatic carbocycles. The minimum absolute atomic E-state index is 0.279. The van der Waals surface area contributed by atoms with Crippen LogP contribution in [0.4, 0.5) is 5.69 Å². The number of carbonyl (C=O) groups excluding carboxylic acids is 4. The molecule has 39 heavy (non-hydrogen) atoms. The lowest BCUT2D eigenvalue weighted by atomic mass is 9.92. The number of hydrogen-bond donors (Lipinski definition) is 1. The fraction of sp³-hybridized carbons (Fsp3) is 0.250. The van der Waals surface area contributed by atoms with Gasteiger partial charge in [-0.25, -0.2) is 0 Å². The summed E-state index contributed by atoms with van der Waals surface area (Å²) in [6, 6.07) is 19.1. The normalized spacial score (nSPS) is 14.6. The molecule has 7 heteroatoms. The second-order valence-corrected chi connectivity index (χ2v) is 10.1. The maximum absolute atomic E-state index is 13.8. The number of carbonyl (C=O) groups is 4. The first-order valence-corrected chi connectivity index (χ1v) is 13.6. The third kappa shape index (κ3) is 3.96. The van der Waals surface area contributed by atoms with Crippen LogP contribution in [0, 0.1) is 0 Å². The summed E-state index contributed by atoms with van der Waals surface area (Å²) in [5.74, 6) is -2.78. The van der Waals surface area contributed by atoms with Crippen molar-refractivity contribution in [2.24, 2.45) is 0 Å². The van der Waals surface area contributed by atoms with Crippen LogP contribution in [0.2, 0.25) is 0 Å². The highest BCUT2D eigenvalue weighted by Gasteiger charge is 2.45. The van der Waals surface area contributed by atoms with E-state index in [1.807, 2.05) is 24.3 Å². The number of nitrogens with zero attached hydrogens (tertiary/aromatic N) is 2. The number of hydrogen-bond acceptors (Lipinski definition) is 5. The Bertz CT molecular complexity index is 1600. The van der Waals surface area contributed by atoms with Gasteiger partial charge in [0.25, 0.3) is 23.6 Å². The van der Waals surface area contributed by atoms with Gasteiger partial charge in [0.05, 0.1) is 22.3 Å². The number of amides is 4. The number of nitrogens with one attached hydrogen (secondary N) is 1. The molecule has 0 bridgehead atoms. The summed E-state index contributed by atoms with van der Waals surface area (Å²) in [6.45, 7) is 3.00. The van der Waals surface area contributed by atoms with E-state index in [0.29, 0.717) is 20.8 Å². The molecule has 4 aromatic rings. The van der Waals surface area contributed by atoms with Gasteiger partial charge < -0.3 is 5.32 Å². The van der Waals surface area contributed by atoms with Crippen molar-refractivity contribution < 1.29 is 19.2 Å². The van der Waals surface area contributed by atoms with E-state index in [-0.39, 0.29) is 22.3 Å². The Kier molecular flexibility index (Phi) is 6.35. The number of imide groups is 2. The highest BCUT2D eigenvalue weighted by atomic mass is 16.2. The summed E-state index contributed by atoms with van der Waals surface area (Å²) < 4.78 is 0. The van der Waals surface area contributed by atoms with E-state index in [2.05, 4.69) is 12.2 Å². The molecule has 0 aromatic heterocycles. The van der Waals surface area contributed by atoms with Crippen molar-refractivity contribution in [2.75, 3.05) is 11.9 Å². The van der Waals surface area contributed by atoms with Crippen LogP contribution in [-0.2, 0) is 0 Å². The van der Waals surface area contributed by atoms with Crippen molar-refractivity contribution in [1.82, 2.24) is 10.0 Å². The quantitative estimate of drug-likeness (QED) is 0.200. The SMILES string of the molecule is CCCCCCCCNc1ccc2c3c(cccc13)C(=O)N(N1C(=O)c3cccc4cccc(c34)C1=O)C2=O. The van der Waals surface area contributed by atoms with E-state index in [0.717, 1.165) is 35.8 Å². The zero-order chi connectivity index (χ0) is 27.1. The summed E-state index contributed by atoms with van der Waals surface area (Å²) in [7, 11) is 0. The number of unbranched alkanes of at least 4 members (excludes halogenated alkanes) is 5. The number of anilines is 1. The van der Waals surface area contributed by atoms with Gasteiger partial charge in [-0.2, -0.15) is 10.0 Å². The van der Waals surface area contributed by atoms with Crippen molar-refractivity contribution in [2.45, 2.75) is 45.4 Å². The molecular weight excluding hydrogens is 490 g/mol. The minimum Gasteiger partial charge on any atom is -0.385 e. The monoisotopic (exact) mass is 519 g/mol. The van der Waals surface area contributed by atoms with Gasteiger partial charge in [-0.3, -0.25) is 19.2 Å². The molecule has 2 aliphatic rings. The van der Waals surface area contributed by atoms with Gasteiger partial charge in [-0.1, -0.05) is 75.4 Å². The smallest absolute Gasteiger partial charge is 0.281 e. The van der Waals surface area contributed by atoms with E-state index in [9.17, 15) is 19.2 Å². The number of benzene rings is 4. The third-order valence-electron chi connectivity index (χ3n) is 7.68. The lowest BCUT2D eigenvalue weighted by Gasteiger charge is -2.36. The van der Waals surface area contributed by atoms with Crippen molar-refractivity contribution in [1.29, 1.82) is 0 Å². The predicted molar refractivity (Wildman–Crippen MR) is 151 cm³/mol. The van der Waals surface area contributed by atoms with Gasteiger partial charge in [0, 0.05) is 28.4 Å². The van der Waals surface area contributed by atoms with E-state index in [1.165, 1.54) is 25.7 Å². The highest BCUT2D eigenvalue weighted by molar-refractivity contribution is 6.31. The lowest BCUT2D eigenvalue weighted by Crippen LogP contribution is -2.58. The molecule has 6 rings (SSSR count). The third-order valence-corrected chi connectivity index (χ3v) is 7.68. The van der Waals surface area contributed by atoms with E-state index in [4.69, 9.17) is 0 Å². The second-order valence-electron chi connectivity index (χ2n) is 10.1. The Hall–Kier alpha value is -4.52. The molecular formula is C32H29N3O4. The lowest BCUT2D eigenvalue weighted by molar-refractivity contribution is 0.00212. The summed E-state index contributed by atoms with van der Waals surface area (Å²) in [6.07, 6.45) is 7.13. The zero-order valence-electron chi connectivity index (χ0n) is 21.8. The van der Waals surface area contributed by atoms with Crippen LogP contribution in [0.1, 0.15) is 86.9 Å². The largest absolute Gasteiger partial charge is 0.385 e. The summed E-state index contributed by atoms with van der Waals surface area (Å²) in [5, 5.41) is 7.47. The first-order valence-electron chi connectivity index (χ1n) is 13.6. The molecule has 0 radical (unpaired) electrons. The number of rotatable bonds is 9. The first kappa shape index (κ1) is 24.8. The maximum Gasteiger partial charge on any atom is 0.281 e. The summed E-state index contributed by atoms with van der Waals surface area (Å²) in [5.41, 5.74) is 1.97. The number of hydrazine groups is 1. The van der Waals surface area contributed by atoms with Crippen molar-refractivity contribution in [3.8, 4) is 0 Å². The minimum atomic E-state index is -0.696. The fourth-order valence-electron chi connectivity index (χ4n) is 5.75. The summed E-state index contributed by atoms with van der Waals surface area (Å²) >= 11 is 0. The first-order chi connectivity index (χ1) is 19.0. The van der Waals surface area contributed by atoms with E-state index < -0.39 is 23.6 Å². The van der Waals surface area contributed by atoms with Gasteiger partial charge in [-0.05, 0) is 42.1 Å². The Morgan fingerprint density at radius 3 is 1.69 bits per heavy atom. The molecule has 7 nitrogen and oxygen atoms in total. The Morgan fingerprint density at radius 1 is 0.564 bits per heavy atom. The second kappa shape index (κ2) is 9.98. The maximum atomic E-state index is 13.8. The molecule has 196 valence electrons. The van der Waals surface area contributed by atoms with E-state index in [1.54, 1.807) is 42.5 Å².